The first-order valence-corrected chi connectivity index (χ1v) is 6.24. The van der Waals surface area contributed by atoms with Crippen molar-refractivity contribution in [2.45, 2.75) is 31.0 Å². The molecule has 0 saturated carbocycles. The molecule has 0 aliphatic carbocycles. The first-order chi connectivity index (χ1) is 8.97. The molecule has 2 rings (SSSR count). The molecule has 1 aromatic heterocycles. The third-order valence-corrected chi connectivity index (χ3v) is 3.63. The minimum absolute atomic E-state index is 0.0683. The van der Waals surface area contributed by atoms with E-state index in [0.717, 1.165) is 19.2 Å². The van der Waals surface area contributed by atoms with Gasteiger partial charge >= 0.3 is 6.18 Å². The van der Waals surface area contributed by atoms with Gasteiger partial charge in [-0.1, -0.05) is 0 Å². The number of hydrogen-bond donors (Lipinski definition) is 1. The predicted octanol–water partition coefficient (Wildman–Crippen LogP) is 2.41. The van der Waals surface area contributed by atoms with Gasteiger partial charge in [0.25, 0.3) is 0 Å². The predicted molar refractivity (Wildman–Crippen MR) is 64.8 cm³/mol. The number of ether oxygens (including phenoxy) is 1. The van der Waals surface area contributed by atoms with Crippen LogP contribution in [-0.2, 0) is 17.3 Å². The lowest BCUT2D eigenvalue weighted by Gasteiger charge is -2.36. The van der Waals surface area contributed by atoms with Gasteiger partial charge < -0.3 is 10.1 Å². The fourth-order valence-electron chi connectivity index (χ4n) is 2.48. The van der Waals surface area contributed by atoms with Crippen molar-refractivity contribution in [2.75, 3.05) is 20.2 Å². The van der Waals surface area contributed by atoms with E-state index in [1.54, 1.807) is 7.11 Å². The molecule has 0 aromatic carbocycles. The minimum Gasteiger partial charge on any atom is -0.378 e. The number of nitrogens with zero attached hydrogens (tertiary/aromatic N) is 1. The highest BCUT2D eigenvalue weighted by Gasteiger charge is 2.38. The Bertz CT molecular complexity index is 428. The molecule has 106 valence electrons. The molecule has 0 spiro atoms. The smallest absolute Gasteiger partial charge is 0.378 e. The van der Waals surface area contributed by atoms with Crippen LogP contribution in [0, 0.1) is 0 Å². The molecule has 1 fully saturated rings. The molecule has 0 atom stereocenters. The normalized spacial score (nSPS) is 19.4. The second-order valence-electron chi connectivity index (χ2n) is 4.81. The summed E-state index contributed by atoms with van der Waals surface area (Å²) in [5, 5.41) is 3.18. The Morgan fingerprint density at radius 1 is 1.37 bits per heavy atom. The summed E-state index contributed by atoms with van der Waals surface area (Å²) in [4.78, 5) is 3.91. The summed E-state index contributed by atoms with van der Waals surface area (Å²) >= 11 is 0. The average Bonchev–Trinajstić information content (AvgIpc) is 2.39. The number of methoxy groups -OCH3 is 1. The van der Waals surface area contributed by atoms with Crippen LogP contribution in [0.15, 0.2) is 18.3 Å². The van der Waals surface area contributed by atoms with E-state index >= 15 is 0 Å². The lowest BCUT2D eigenvalue weighted by Crippen LogP contribution is -2.45. The summed E-state index contributed by atoms with van der Waals surface area (Å²) in [5.74, 6) is 0. The van der Waals surface area contributed by atoms with Crippen molar-refractivity contribution < 1.29 is 17.9 Å². The van der Waals surface area contributed by atoms with Gasteiger partial charge in [0.05, 0.1) is 16.9 Å². The molecule has 0 radical (unpaired) electrons. The number of hydrogen-bond acceptors (Lipinski definition) is 3. The van der Waals surface area contributed by atoms with E-state index in [1.807, 2.05) is 0 Å². The summed E-state index contributed by atoms with van der Waals surface area (Å²) in [6, 6.07) is 2.39. The van der Waals surface area contributed by atoms with Gasteiger partial charge in [-0.2, -0.15) is 13.2 Å². The number of rotatable bonds is 3. The van der Waals surface area contributed by atoms with Crippen LogP contribution in [0.1, 0.15) is 24.1 Å². The van der Waals surface area contributed by atoms with Crippen LogP contribution in [0.5, 0.6) is 0 Å². The first-order valence-electron chi connectivity index (χ1n) is 6.24. The third kappa shape index (κ3) is 3.25. The Morgan fingerprint density at radius 2 is 2.05 bits per heavy atom. The zero-order valence-electron chi connectivity index (χ0n) is 10.8. The standard InChI is InChI=1S/C13H17F3N2O/c1-19-12(4-7-17-8-5-12)9-11-10(13(14,15)16)3-2-6-18-11/h2-3,6,17H,4-5,7-9H2,1H3. The fourth-order valence-corrected chi connectivity index (χ4v) is 2.48. The highest BCUT2D eigenvalue weighted by molar-refractivity contribution is 5.24. The molecule has 3 nitrogen and oxygen atoms in total. The molecule has 0 bridgehead atoms. The fraction of sp³-hybridized carbons (Fsp3) is 0.615. The van der Waals surface area contributed by atoms with Crippen LogP contribution in [0.3, 0.4) is 0 Å². The molecule has 1 saturated heterocycles. The molecule has 1 aliphatic heterocycles. The maximum Gasteiger partial charge on any atom is 0.418 e. The average molecular weight is 274 g/mol. The lowest BCUT2D eigenvalue weighted by molar-refractivity contribution is -0.139. The molecule has 1 N–H and O–H groups in total. The zero-order valence-corrected chi connectivity index (χ0v) is 10.8. The first kappa shape index (κ1) is 14.3. The van der Waals surface area contributed by atoms with Crippen molar-refractivity contribution in [3.05, 3.63) is 29.6 Å². The molecule has 0 unspecified atom stereocenters. The number of piperidine rings is 1. The molecular weight excluding hydrogens is 257 g/mol. The summed E-state index contributed by atoms with van der Waals surface area (Å²) in [6.45, 7) is 1.50. The molecule has 1 aliphatic rings. The number of nitrogens with one attached hydrogen (secondary N) is 1. The van der Waals surface area contributed by atoms with Gasteiger partial charge in [0, 0.05) is 19.7 Å². The van der Waals surface area contributed by atoms with Gasteiger partial charge in [-0.3, -0.25) is 4.98 Å². The van der Waals surface area contributed by atoms with Crippen molar-refractivity contribution in [3.8, 4) is 0 Å². The molecular formula is C13H17F3N2O. The Labute approximate surface area is 110 Å². The van der Waals surface area contributed by atoms with Crippen LogP contribution >= 0.6 is 0 Å². The maximum atomic E-state index is 12.9. The van der Waals surface area contributed by atoms with E-state index in [4.69, 9.17) is 4.74 Å². The second kappa shape index (κ2) is 5.46. The SMILES string of the molecule is COC1(Cc2ncccc2C(F)(F)F)CCNCC1. The number of halogens is 3. The molecule has 19 heavy (non-hydrogen) atoms. The molecule has 6 heteroatoms. The van der Waals surface area contributed by atoms with Gasteiger partial charge in [0.1, 0.15) is 0 Å². The van der Waals surface area contributed by atoms with E-state index in [9.17, 15) is 13.2 Å². The van der Waals surface area contributed by atoms with E-state index in [-0.39, 0.29) is 12.1 Å². The van der Waals surface area contributed by atoms with Crippen LogP contribution in [0.2, 0.25) is 0 Å². The minimum atomic E-state index is -4.37. The molecule has 0 amide bonds. The van der Waals surface area contributed by atoms with E-state index in [1.165, 1.54) is 12.3 Å². The van der Waals surface area contributed by atoms with Crippen LogP contribution in [0.25, 0.3) is 0 Å². The number of aromatic nitrogens is 1. The van der Waals surface area contributed by atoms with Crippen molar-refractivity contribution in [2.24, 2.45) is 0 Å². The Balaban J connectivity index is 2.27. The topological polar surface area (TPSA) is 34.1 Å². The maximum absolute atomic E-state index is 12.9. The Morgan fingerprint density at radius 3 is 2.63 bits per heavy atom. The Hall–Kier alpha value is -1.14. The van der Waals surface area contributed by atoms with Crippen LogP contribution in [0.4, 0.5) is 13.2 Å². The quantitative estimate of drug-likeness (QED) is 0.919. The van der Waals surface area contributed by atoms with E-state index < -0.39 is 17.3 Å². The van der Waals surface area contributed by atoms with Gasteiger partial charge in [-0.15, -0.1) is 0 Å². The van der Waals surface area contributed by atoms with Crippen molar-refractivity contribution in [1.82, 2.24) is 10.3 Å². The van der Waals surface area contributed by atoms with E-state index in [0.29, 0.717) is 12.8 Å². The molecule has 1 aromatic rings. The zero-order chi connectivity index (χ0) is 13.9. The van der Waals surface area contributed by atoms with Crippen molar-refractivity contribution in [3.63, 3.8) is 0 Å². The number of alkyl halides is 3. The highest BCUT2D eigenvalue weighted by atomic mass is 19.4. The van der Waals surface area contributed by atoms with E-state index in [2.05, 4.69) is 10.3 Å². The van der Waals surface area contributed by atoms with Crippen molar-refractivity contribution >= 4 is 0 Å². The van der Waals surface area contributed by atoms with Gasteiger partial charge in [0.2, 0.25) is 0 Å². The van der Waals surface area contributed by atoms with Crippen LogP contribution < -0.4 is 5.32 Å². The number of pyridine rings is 1. The summed E-state index contributed by atoms with van der Waals surface area (Å²) < 4.78 is 44.3. The lowest BCUT2D eigenvalue weighted by atomic mass is 9.86. The molecule has 2 heterocycles. The van der Waals surface area contributed by atoms with Gasteiger partial charge in [-0.25, -0.2) is 0 Å². The van der Waals surface area contributed by atoms with Gasteiger partial charge in [0.15, 0.2) is 0 Å². The summed E-state index contributed by atoms with van der Waals surface area (Å²) in [7, 11) is 1.56. The summed E-state index contributed by atoms with van der Waals surface area (Å²) in [5.41, 5.74) is -1.14. The largest absolute Gasteiger partial charge is 0.418 e. The highest BCUT2D eigenvalue weighted by Crippen LogP contribution is 2.34. The van der Waals surface area contributed by atoms with Crippen LogP contribution in [-0.4, -0.2) is 30.8 Å². The monoisotopic (exact) mass is 274 g/mol. The summed E-state index contributed by atoms with van der Waals surface area (Å²) in [6.07, 6.45) is -1.39. The Kier molecular flexibility index (Phi) is 4.10. The third-order valence-electron chi connectivity index (χ3n) is 3.63. The van der Waals surface area contributed by atoms with Crippen molar-refractivity contribution in [1.29, 1.82) is 0 Å². The van der Waals surface area contributed by atoms with Gasteiger partial charge in [-0.05, 0) is 38.1 Å². The second-order valence-corrected chi connectivity index (χ2v) is 4.81.